The van der Waals surface area contributed by atoms with Crippen molar-refractivity contribution < 1.29 is 9.90 Å². The van der Waals surface area contributed by atoms with Crippen LogP contribution in [0.3, 0.4) is 0 Å². The minimum Gasteiger partial charge on any atom is -0.478 e. The van der Waals surface area contributed by atoms with Crippen LogP contribution in [0.2, 0.25) is 5.15 Å². The molecule has 104 valence electrons. The van der Waals surface area contributed by atoms with Gasteiger partial charge in [0.15, 0.2) is 0 Å². The molecule has 1 fully saturated rings. The molecule has 0 amide bonds. The number of pyridine rings is 1. The molecule has 2 unspecified atom stereocenters. The minimum atomic E-state index is -0.982. The van der Waals surface area contributed by atoms with Gasteiger partial charge < -0.3 is 10.4 Å². The van der Waals surface area contributed by atoms with Crippen LogP contribution in [-0.2, 0) is 0 Å². The number of aromatic carboxylic acids is 1. The Bertz CT molecular complexity index is 470. The number of hydrogen-bond acceptors (Lipinski definition) is 4. The van der Waals surface area contributed by atoms with Gasteiger partial charge in [0, 0.05) is 11.3 Å². The molecule has 0 saturated heterocycles. The van der Waals surface area contributed by atoms with Crippen LogP contribution in [0.1, 0.15) is 36.5 Å². The van der Waals surface area contributed by atoms with Crippen molar-refractivity contribution >= 4 is 35.1 Å². The average molecular weight is 301 g/mol. The van der Waals surface area contributed by atoms with Crippen LogP contribution in [0.5, 0.6) is 0 Å². The molecule has 1 aromatic rings. The Morgan fingerprint density at radius 3 is 3.05 bits per heavy atom. The molecule has 2 N–H and O–H groups in total. The maximum atomic E-state index is 11.1. The molecule has 2 rings (SSSR count). The first-order valence-electron chi connectivity index (χ1n) is 6.38. The number of carbonyl (C=O) groups is 1. The third-order valence-corrected chi connectivity index (χ3v) is 4.66. The molecule has 0 aromatic carbocycles. The van der Waals surface area contributed by atoms with Crippen molar-refractivity contribution in [3.63, 3.8) is 0 Å². The average Bonchev–Trinajstić information content (AvgIpc) is 2.77. The van der Waals surface area contributed by atoms with E-state index >= 15 is 0 Å². The topological polar surface area (TPSA) is 62.2 Å². The van der Waals surface area contributed by atoms with Gasteiger partial charge in [0.2, 0.25) is 0 Å². The first-order valence-corrected chi connectivity index (χ1v) is 7.80. The van der Waals surface area contributed by atoms with Gasteiger partial charge >= 0.3 is 5.97 Å². The number of carboxylic acid groups (broad SMARTS) is 1. The van der Waals surface area contributed by atoms with Gasteiger partial charge in [0.05, 0.1) is 0 Å². The van der Waals surface area contributed by atoms with Crippen molar-refractivity contribution in [2.45, 2.75) is 37.5 Å². The number of rotatable bonds is 5. The zero-order valence-electron chi connectivity index (χ0n) is 10.7. The molecule has 19 heavy (non-hydrogen) atoms. The van der Waals surface area contributed by atoms with E-state index in [2.05, 4.69) is 17.2 Å². The molecule has 4 nitrogen and oxygen atoms in total. The van der Waals surface area contributed by atoms with E-state index in [1.807, 2.05) is 11.8 Å². The van der Waals surface area contributed by atoms with Gasteiger partial charge in [-0.15, -0.1) is 0 Å². The molecule has 0 radical (unpaired) electrons. The van der Waals surface area contributed by atoms with Crippen molar-refractivity contribution in [3.8, 4) is 0 Å². The summed E-state index contributed by atoms with van der Waals surface area (Å²) < 4.78 is 0. The van der Waals surface area contributed by atoms with Crippen LogP contribution in [0.25, 0.3) is 0 Å². The maximum absolute atomic E-state index is 11.1. The van der Waals surface area contributed by atoms with Gasteiger partial charge in [-0.1, -0.05) is 18.5 Å². The predicted octanol–water partition coefficient (Wildman–Crippen LogP) is 3.52. The second-order valence-electron chi connectivity index (χ2n) is 4.57. The molecule has 1 aliphatic rings. The summed E-state index contributed by atoms with van der Waals surface area (Å²) in [6.07, 6.45) is 3.26. The number of carboxylic acids is 1. The van der Waals surface area contributed by atoms with Crippen LogP contribution < -0.4 is 5.32 Å². The molecule has 1 heterocycles. The number of nitrogens with zero attached hydrogens (tertiary/aromatic N) is 1. The predicted molar refractivity (Wildman–Crippen MR) is 79.4 cm³/mol. The zero-order valence-corrected chi connectivity index (χ0v) is 12.3. The first kappa shape index (κ1) is 14.5. The highest BCUT2D eigenvalue weighted by Crippen LogP contribution is 2.32. The van der Waals surface area contributed by atoms with Crippen LogP contribution >= 0.6 is 23.4 Å². The van der Waals surface area contributed by atoms with E-state index in [1.165, 1.54) is 18.6 Å². The van der Waals surface area contributed by atoms with E-state index in [4.69, 9.17) is 16.7 Å². The Kier molecular flexibility index (Phi) is 4.93. The molecule has 0 bridgehead atoms. The Balaban J connectivity index is 2.07. The molecule has 0 spiro atoms. The highest BCUT2D eigenvalue weighted by atomic mass is 35.5. The summed E-state index contributed by atoms with van der Waals surface area (Å²) in [5.74, 6) is 0.518. The fourth-order valence-corrected chi connectivity index (χ4v) is 3.66. The van der Waals surface area contributed by atoms with Gasteiger partial charge in [-0.05, 0) is 37.1 Å². The molecule has 1 aliphatic carbocycles. The molecular weight excluding hydrogens is 284 g/mol. The third kappa shape index (κ3) is 3.76. The van der Waals surface area contributed by atoms with Crippen LogP contribution in [0.4, 0.5) is 5.82 Å². The Labute approximate surface area is 121 Å². The standard InChI is InChI=1S/C13H17ClN2O2S/c1-2-19-9-4-3-8(7-9)15-12-10(13(17)18)5-6-11(14)16-12/h5-6,8-9H,2-4,7H2,1H3,(H,15,16)(H,17,18). The number of halogens is 1. The largest absolute Gasteiger partial charge is 0.478 e. The maximum Gasteiger partial charge on any atom is 0.339 e. The van der Waals surface area contributed by atoms with Crippen molar-refractivity contribution in [1.29, 1.82) is 0 Å². The van der Waals surface area contributed by atoms with Gasteiger partial charge in [-0.25, -0.2) is 9.78 Å². The smallest absolute Gasteiger partial charge is 0.339 e. The lowest BCUT2D eigenvalue weighted by Crippen LogP contribution is -2.19. The van der Waals surface area contributed by atoms with E-state index in [0.717, 1.165) is 18.6 Å². The molecule has 2 atom stereocenters. The summed E-state index contributed by atoms with van der Waals surface area (Å²) >= 11 is 7.80. The van der Waals surface area contributed by atoms with Gasteiger partial charge in [-0.3, -0.25) is 0 Å². The van der Waals surface area contributed by atoms with E-state index in [1.54, 1.807) is 0 Å². The van der Waals surface area contributed by atoms with Crippen LogP contribution in [-0.4, -0.2) is 33.1 Å². The Hall–Kier alpha value is -0.940. The first-order chi connectivity index (χ1) is 9.10. The van der Waals surface area contributed by atoms with E-state index < -0.39 is 5.97 Å². The van der Waals surface area contributed by atoms with E-state index in [0.29, 0.717) is 16.2 Å². The third-order valence-electron chi connectivity index (χ3n) is 3.22. The van der Waals surface area contributed by atoms with Crippen molar-refractivity contribution in [2.24, 2.45) is 0 Å². The second kappa shape index (κ2) is 6.48. The zero-order chi connectivity index (χ0) is 13.8. The SMILES string of the molecule is CCSC1CCC(Nc2nc(Cl)ccc2C(=O)O)C1. The fourth-order valence-electron chi connectivity index (χ4n) is 2.37. The number of aromatic nitrogens is 1. The highest BCUT2D eigenvalue weighted by Gasteiger charge is 2.26. The van der Waals surface area contributed by atoms with Gasteiger partial charge in [0.25, 0.3) is 0 Å². The lowest BCUT2D eigenvalue weighted by Gasteiger charge is -2.15. The van der Waals surface area contributed by atoms with Gasteiger partial charge in [-0.2, -0.15) is 11.8 Å². The summed E-state index contributed by atoms with van der Waals surface area (Å²) in [7, 11) is 0. The summed E-state index contributed by atoms with van der Waals surface area (Å²) in [6.45, 7) is 2.16. The van der Waals surface area contributed by atoms with Gasteiger partial charge in [0.1, 0.15) is 16.5 Å². The summed E-state index contributed by atoms with van der Waals surface area (Å²) in [5, 5.41) is 13.3. The number of nitrogens with one attached hydrogen (secondary N) is 1. The molecule has 1 aromatic heterocycles. The van der Waals surface area contributed by atoms with Crippen LogP contribution in [0.15, 0.2) is 12.1 Å². The number of thioether (sulfide) groups is 1. The summed E-state index contributed by atoms with van der Waals surface area (Å²) in [5.41, 5.74) is 0.177. The van der Waals surface area contributed by atoms with E-state index in [-0.39, 0.29) is 11.6 Å². The molecule has 1 saturated carbocycles. The number of hydrogen-bond donors (Lipinski definition) is 2. The molecule has 0 aliphatic heterocycles. The summed E-state index contributed by atoms with van der Waals surface area (Å²) in [6, 6.07) is 3.28. The Morgan fingerprint density at radius 1 is 1.58 bits per heavy atom. The Morgan fingerprint density at radius 2 is 2.37 bits per heavy atom. The normalized spacial score (nSPS) is 22.4. The highest BCUT2D eigenvalue weighted by molar-refractivity contribution is 7.99. The lowest BCUT2D eigenvalue weighted by atomic mass is 10.2. The minimum absolute atomic E-state index is 0.177. The second-order valence-corrected chi connectivity index (χ2v) is 6.53. The van der Waals surface area contributed by atoms with Crippen molar-refractivity contribution in [2.75, 3.05) is 11.1 Å². The fraction of sp³-hybridized carbons (Fsp3) is 0.538. The van der Waals surface area contributed by atoms with E-state index in [9.17, 15) is 4.79 Å². The van der Waals surface area contributed by atoms with Crippen LogP contribution in [0, 0.1) is 0 Å². The molecule has 6 heteroatoms. The van der Waals surface area contributed by atoms with Crippen molar-refractivity contribution in [1.82, 2.24) is 4.98 Å². The monoisotopic (exact) mass is 300 g/mol. The lowest BCUT2D eigenvalue weighted by molar-refractivity contribution is 0.0697. The number of anilines is 1. The molecular formula is C13H17ClN2O2S. The summed E-state index contributed by atoms with van der Waals surface area (Å²) in [4.78, 5) is 15.2. The van der Waals surface area contributed by atoms with Crippen molar-refractivity contribution in [3.05, 3.63) is 22.8 Å². The quantitative estimate of drug-likeness (QED) is 0.815.